The summed E-state index contributed by atoms with van der Waals surface area (Å²) in [6.07, 6.45) is -0.487. The first-order valence-corrected chi connectivity index (χ1v) is 10.5. The summed E-state index contributed by atoms with van der Waals surface area (Å²) < 4.78 is 32.6. The monoisotopic (exact) mass is 458 g/mol. The fourth-order valence-electron chi connectivity index (χ4n) is 3.84. The molecule has 1 fully saturated rings. The fourth-order valence-corrected chi connectivity index (χ4v) is 3.84. The average molecular weight is 458 g/mol. The van der Waals surface area contributed by atoms with Gasteiger partial charge in [0.05, 0.1) is 12.1 Å². The van der Waals surface area contributed by atoms with Gasteiger partial charge in [-0.2, -0.15) is 5.10 Å². The van der Waals surface area contributed by atoms with E-state index in [1.54, 1.807) is 24.3 Å². The highest BCUT2D eigenvalue weighted by atomic mass is 19.3. The maximum atomic E-state index is 13.0. The Labute approximate surface area is 188 Å². The number of amides is 2. The first kappa shape index (κ1) is 22.4. The number of halogens is 2. The molecule has 33 heavy (non-hydrogen) atoms. The highest BCUT2D eigenvalue weighted by molar-refractivity contribution is 6.03. The van der Waals surface area contributed by atoms with Gasteiger partial charge < -0.3 is 16.0 Å². The Balaban J connectivity index is 1.42. The molecular formula is C22H24F2N6O3. The largest absolute Gasteiger partial charge is 0.383 e. The molecule has 1 aliphatic carbocycles. The second kappa shape index (κ2) is 8.30. The minimum absolute atomic E-state index is 0.0447. The molecule has 0 atom stereocenters. The van der Waals surface area contributed by atoms with Crippen LogP contribution in [0.15, 0.2) is 34.9 Å². The zero-order valence-corrected chi connectivity index (χ0v) is 18.1. The summed E-state index contributed by atoms with van der Waals surface area (Å²) in [6.45, 7) is 3.77. The zero-order chi connectivity index (χ0) is 23.9. The van der Waals surface area contributed by atoms with E-state index in [0.29, 0.717) is 22.5 Å². The molecule has 174 valence electrons. The number of primary amides is 1. The van der Waals surface area contributed by atoms with Crippen molar-refractivity contribution in [1.82, 2.24) is 14.9 Å². The van der Waals surface area contributed by atoms with Crippen LogP contribution in [0.2, 0.25) is 0 Å². The van der Waals surface area contributed by atoms with Crippen molar-refractivity contribution in [3.8, 4) is 11.3 Å². The van der Waals surface area contributed by atoms with Crippen LogP contribution in [0.1, 0.15) is 60.3 Å². The Kier molecular flexibility index (Phi) is 5.64. The molecule has 0 spiro atoms. The zero-order valence-electron chi connectivity index (χ0n) is 18.1. The van der Waals surface area contributed by atoms with Crippen LogP contribution in [-0.2, 0) is 11.2 Å². The summed E-state index contributed by atoms with van der Waals surface area (Å²) in [5.41, 5.74) is 13.8. The van der Waals surface area contributed by atoms with Crippen molar-refractivity contribution >= 4 is 23.5 Å². The van der Waals surface area contributed by atoms with Gasteiger partial charge in [0.15, 0.2) is 0 Å². The van der Waals surface area contributed by atoms with Crippen LogP contribution in [-0.4, -0.2) is 32.7 Å². The number of hydrogen-bond donors (Lipinski definition) is 3. The predicted molar refractivity (Wildman–Crippen MR) is 117 cm³/mol. The molecule has 0 radical (unpaired) electrons. The van der Waals surface area contributed by atoms with Gasteiger partial charge in [-0.1, -0.05) is 29.4 Å². The second-order valence-corrected chi connectivity index (χ2v) is 8.51. The Morgan fingerprint density at radius 1 is 1.27 bits per heavy atom. The number of nitrogens with zero attached hydrogens (tertiary/aromatic N) is 3. The molecule has 0 saturated heterocycles. The highest BCUT2D eigenvalue weighted by Crippen LogP contribution is 2.48. The van der Waals surface area contributed by atoms with E-state index in [1.807, 2.05) is 13.8 Å². The number of alkyl halides is 2. The van der Waals surface area contributed by atoms with Crippen LogP contribution in [0.5, 0.6) is 0 Å². The normalized spacial score (nSPS) is 15.4. The number of nitrogens with one attached hydrogen (secondary N) is 1. The molecule has 1 aromatic carbocycles. The van der Waals surface area contributed by atoms with Crippen LogP contribution < -0.4 is 16.8 Å². The number of carbonyl (C=O) groups is 2. The van der Waals surface area contributed by atoms with Crippen molar-refractivity contribution in [3.05, 3.63) is 47.2 Å². The van der Waals surface area contributed by atoms with Crippen molar-refractivity contribution in [2.45, 2.75) is 51.0 Å². The third kappa shape index (κ3) is 4.57. The highest BCUT2D eigenvalue weighted by Gasteiger charge is 2.47. The van der Waals surface area contributed by atoms with Crippen molar-refractivity contribution in [2.75, 3.05) is 11.1 Å². The van der Waals surface area contributed by atoms with Gasteiger partial charge in [0, 0.05) is 36.4 Å². The van der Waals surface area contributed by atoms with E-state index in [0.717, 1.165) is 0 Å². The topological polar surface area (TPSA) is 142 Å². The molecule has 5 N–H and O–H groups in total. The molecular weight excluding hydrogens is 434 g/mol. The number of nitrogens with two attached hydrogens (primary N) is 2. The lowest BCUT2D eigenvalue weighted by Crippen LogP contribution is -2.33. The molecule has 2 amide bonds. The maximum absolute atomic E-state index is 13.0. The average Bonchev–Trinajstić information content (AvgIpc) is 3.30. The van der Waals surface area contributed by atoms with Gasteiger partial charge >= 0.3 is 0 Å². The number of aromatic nitrogens is 3. The van der Waals surface area contributed by atoms with Gasteiger partial charge in [0.2, 0.25) is 17.7 Å². The Morgan fingerprint density at radius 2 is 1.94 bits per heavy atom. The molecule has 0 unspecified atom stereocenters. The lowest BCUT2D eigenvalue weighted by molar-refractivity contribution is -0.115. The first-order valence-electron chi connectivity index (χ1n) is 10.5. The molecule has 4 rings (SSSR count). The number of hydrogen-bond acceptors (Lipinski definition) is 6. The van der Waals surface area contributed by atoms with E-state index in [2.05, 4.69) is 15.6 Å². The van der Waals surface area contributed by atoms with E-state index in [1.165, 1.54) is 10.7 Å². The number of rotatable bonds is 7. The quantitative estimate of drug-likeness (QED) is 0.495. The van der Waals surface area contributed by atoms with E-state index in [9.17, 15) is 18.4 Å². The molecule has 0 aliphatic heterocycles. The molecule has 9 nitrogen and oxygen atoms in total. The minimum Gasteiger partial charge on any atom is -0.383 e. The number of anilines is 2. The van der Waals surface area contributed by atoms with Gasteiger partial charge in [-0.25, -0.2) is 13.5 Å². The molecule has 3 aromatic rings. The van der Waals surface area contributed by atoms with E-state index < -0.39 is 11.8 Å². The van der Waals surface area contributed by atoms with Crippen molar-refractivity contribution in [2.24, 2.45) is 5.73 Å². The predicted octanol–water partition coefficient (Wildman–Crippen LogP) is 3.49. The summed E-state index contributed by atoms with van der Waals surface area (Å²) in [5, 5.41) is 10.8. The third-order valence-corrected chi connectivity index (χ3v) is 5.57. The van der Waals surface area contributed by atoms with Gasteiger partial charge in [-0.15, -0.1) is 0 Å². The fraction of sp³-hybridized carbons (Fsp3) is 0.364. The lowest BCUT2D eigenvalue weighted by atomic mass is 9.79. The van der Waals surface area contributed by atoms with E-state index in [4.69, 9.17) is 16.0 Å². The van der Waals surface area contributed by atoms with Crippen molar-refractivity contribution in [1.29, 1.82) is 0 Å². The summed E-state index contributed by atoms with van der Waals surface area (Å²) in [7, 11) is 0. The minimum atomic E-state index is -2.66. The molecule has 1 saturated carbocycles. The molecule has 11 heteroatoms. The van der Waals surface area contributed by atoms with Crippen molar-refractivity contribution < 1.29 is 22.9 Å². The smallest absolute Gasteiger partial charge is 0.254 e. The van der Waals surface area contributed by atoms with Crippen LogP contribution in [0.25, 0.3) is 11.3 Å². The lowest BCUT2D eigenvalue weighted by Gasteiger charge is -2.33. The van der Waals surface area contributed by atoms with Gasteiger partial charge in [-0.05, 0) is 19.4 Å². The number of nitrogen functional groups attached to an aromatic ring is 1. The summed E-state index contributed by atoms with van der Waals surface area (Å²) in [5.74, 6) is -3.72. The maximum Gasteiger partial charge on any atom is 0.254 e. The van der Waals surface area contributed by atoms with Crippen LogP contribution in [0.3, 0.4) is 0 Å². The number of carbonyl (C=O) groups excluding carboxylic acids is 2. The Bertz CT molecular complexity index is 1190. The SMILES string of the molecule is CC(C)n1nc(-c2ccc(CC(=O)Nc3cc(C4CC(F)(F)C4)no3)cc2)c(C(N)=O)c1N. The van der Waals surface area contributed by atoms with Gasteiger partial charge in [-0.3, -0.25) is 14.9 Å². The molecule has 0 bridgehead atoms. The van der Waals surface area contributed by atoms with Crippen LogP contribution in [0.4, 0.5) is 20.5 Å². The summed E-state index contributed by atoms with van der Waals surface area (Å²) in [4.78, 5) is 24.3. The standard InChI is InChI=1S/C22H24F2N6O3/c1-11(2)30-20(25)18(21(26)32)19(28-30)13-5-3-12(4-6-13)7-16(31)27-17-8-15(29-33-17)14-9-22(23,24)10-14/h3-6,8,11,14H,7,9-10,25H2,1-2H3,(H2,26,32)(H,27,31). The summed E-state index contributed by atoms with van der Waals surface area (Å²) in [6, 6.07) is 8.33. The summed E-state index contributed by atoms with van der Waals surface area (Å²) >= 11 is 0. The van der Waals surface area contributed by atoms with E-state index in [-0.39, 0.29) is 54.4 Å². The van der Waals surface area contributed by atoms with Gasteiger partial charge in [0.25, 0.3) is 5.91 Å². The van der Waals surface area contributed by atoms with Crippen LogP contribution in [0, 0.1) is 0 Å². The Morgan fingerprint density at radius 3 is 2.52 bits per heavy atom. The van der Waals surface area contributed by atoms with Crippen molar-refractivity contribution in [3.63, 3.8) is 0 Å². The molecule has 1 aliphatic rings. The first-order chi connectivity index (χ1) is 15.5. The Hall–Kier alpha value is -3.76. The third-order valence-electron chi connectivity index (χ3n) is 5.57. The molecule has 2 aromatic heterocycles. The molecule has 2 heterocycles. The number of benzene rings is 1. The second-order valence-electron chi connectivity index (χ2n) is 8.51. The van der Waals surface area contributed by atoms with E-state index >= 15 is 0 Å². The van der Waals surface area contributed by atoms with Crippen LogP contribution >= 0.6 is 0 Å². The van der Waals surface area contributed by atoms with Gasteiger partial charge in [0.1, 0.15) is 17.1 Å².